The molecule has 0 aromatic heterocycles. The first kappa shape index (κ1) is 43.6. The maximum Gasteiger partial charge on any atom is 1.00 e. The van der Waals surface area contributed by atoms with Crippen molar-refractivity contribution in [2.24, 2.45) is 46.3 Å². The summed E-state index contributed by atoms with van der Waals surface area (Å²) in [5, 5.41) is 11.5. The number of hydrogen-bond acceptors (Lipinski definition) is 13. The summed E-state index contributed by atoms with van der Waals surface area (Å²) in [6.07, 6.45) is 1.36. The summed E-state index contributed by atoms with van der Waals surface area (Å²) in [5.74, 6) is -0.888. The Kier molecular flexibility index (Phi) is 16.3. The van der Waals surface area contributed by atoms with Crippen LogP contribution in [0, 0.1) is 46.3 Å². The van der Waals surface area contributed by atoms with Crippen molar-refractivity contribution in [1.29, 1.82) is 0 Å². The Hall–Kier alpha value is 2.57. The van der Waals surface area contributed by atoms with Crippen LogP contribution in [-0.4, -0.2) is 68.9 Å². The van der Waals surface area contributed by atoms with Crippen molar-refractivity contribution in [3.8, 4) is 0 Å². The van der Waals surface area contributed by atoms with Gasteiger partial charge in [0, 0.05) is 5.41 Å². The molecule has 4 fully saturated rings. The van der Waals surface area contributed by atoms with Crippen molar-refractivity contribution in [1.82, 2.24) is 0 Å². The van der Waals surface area contributed by atoms with Crippen LogP contribution in [0.2, 0.25) is 0 Å². The Morgan fingerprint density at radius 3 is 2.00 bits per heavy atom. The van der Waals surface area contributed by atoms with Gasteiger partial charge in [0.25, 0.3) is 0 Å². The Labute approximate surface area is 322 Å². The van der Waals surface area contributed by atoms with Gasteiger partial charge in [-0.1, -0.05) is 20.8 Å². The third-order valence-electron chi connectivity index (χ3n) is 11.0. The summed E-state index contributed by atoms with van der Waals surface area (Å²) >= 11 is 0. The third-order valence-corrected chi connectivity index (χ3v) is 12.4. The molecule has 43 heavy (non-hydrogen) atoms. The minimum atomic E-state index is -5.07. The van der Waals surface area contributed by atoms with Gasteiger partial charge < -0.3 is 18.8 Å². The molecule has 0 aromatic rings. The van der Waals surface area contributed by atoms with Crippen molar-refractivity contribution in [2.45, 2.75) is 96.9 Å². The molecular formula is C24H39Na3O13S3. The molecule has 0 aromatic carbocycles. The first-order valence-electron chi connectivity index (χ1n) is 13.8. The monoisotopic (exact) mass is 700 g/mol. The van der Waals surface area contributed by atoms with Crippen LogP contribution < -0.4 is 88.7 Å². The first-order valence-corrected chi connectivity index (χ1v) is 17.8. The van der Waals surface area contributed by atoms with Crippen molar-refractivity contribution in [3.05, 3.63) is 0 Å². The zero-order valence-electron chi connectivity index (χ0n) is 25.8. The molecule has 0 radical (unpaired) electrons. The Balaban J connectivity index is 0.00000308. The number of hydrogen-bond donors (Lipinski definition) is 1. The molecule has 11 atom stereocenters. The van der Waals surface area contributed by atoms with E-state index in [1.165, 1.54) is 0 Å². The van der Waals surface area contributed by atoms with Gasteiger partial charge in [0.15, 0.2) is 0 Å². The van der Waals surface area contributed by atoms with Gasteiger partial charge in [0.05, 0.1) is 24.9 Å². The fourth-order valence-corrected chi connectivity index (χ4v) is 10.8. The molecular weight excluding hydrogens is 661 g/mol. The van der Waals surface area contributed by atoms with Crippen molar-refractivity contribution < 1.29 is 145 Å². The van der Waals surface area contributed by atoms with Crippen molar-refractivity contribution in [3.63, 3.8) is 0 Å². The van der Waals surface area contributed by atoms with Crippen LogP contribution in [0.25, 0.3) is 0 Å². The number of fused-ring (bicyclic) bond motifs is 5. The summed E-state index contributed by atoms with van der Waals surface area (Å²) in [4.78, 5) is 0. The van der Waals surface area contributed by atoms with Crippen LogP contribution in [0.4, 0.5) is 0 Å². The zero-order chi connectivity index (χ0) is 29.9. The summed E-state index contributed by atoms with van der Waals surface area (Å²) < 4.78 is 116. The molecule has 0 unspecified atom stereocenters. The van der Waals surface area contributed by atoms with E-state index < -0.39 is 60.3 Å². The van der Waals surface area contributed by atoms with E-state index in [2.05, 4.69) is 4.18 Å². The maximum atomic E-state index is 11.9. The summed E-state index contributed by atoms with van der Waals surface area (Å²) in [5.41, 5.74) is -1.19. The summed E-state index contributed by atoms with van der Waals surface area (Å²) in [7, 11) is -14.8. The number of aliphatic hydroxyl groups is 1. The van der Waals surface area contributed by atoms with E-state index in [4.69, 9.17) is 8.37 Å². The van der Waals surface area contributed by atoms with Crippen LogP contribution in [0.3, 0.4) is 0 Å². The molecule has 234 valence electrons. The van der Waals surface area contributed by atoms with Gasteiger partial charge in [-0.05, 0) is 98.7 Å². The largest absolute Gasteiger partial charge is 1.00 e. The second kappa shape index (κ2) is 16.1. The minimum absolute atomic E-state index is 0. The number of aliphatic hydroxyl groups excluding tert-OH is 1. The molecule has 19 heteroatoms. The van der Waals surface area contributed by atoms with Crippen molar-refractivity contribution >= 4 is 31.2 Å². The van der Waals surface area contributed by atoms with Gasteiger partial charge in [-0.3, -0.25) is 12.5 Å². The predicted molar refractivity (Wildman–Crippen MR) is 135 cm³/mol. The van der Waals surface area contributed by atoms with Crippen LogP contribution in [0.1, 0.15) is 78.6 Å². The fourth-order valence-electron chi connectivity index (χ4n) is 9.40. The van der Waals surface area contributed by atoms with Gasteiger partial charge in [0.2, 0.25) is 31.2 Å². The van der Waals surface area contributed by atoms with E-state index in [1.807, 2.05) is 20.8 Å². The van der Waals surface area contributed by atoms with E-state index in [9.17, 15) is 44.0 Å². The predicted octanol–water partition coefficient (Wildman–Crippen LogP) is -7.18. The Morgan fingerprint density at radius 2 is 1.44 bits per heavy atom. The van der Waals surface area contributed by atoms with E-state index in [0.717, 1.165) is 0 Å². The molecule has 0 heterocycles. The third kappa shape index (κ3) is 10.1. The van der Waals surface area contributed by atoms with Gasteiger partial charge >= 0.3 is 88.7 Å². The SMILES string of the molecule is C[C@H](CCCOS(=O)(=O)[O-])[C@H]1CC[C@H]2[C@@H]3[C@H](O)C[C@H]4C[C@H](OS(=O)(=O)[O-])CC[C@]4(C)[C@H]3C[C@H](OS(=O)(=O)[O-])[C@]12C.[Na+].[Na+].[Na+]. The smallest absolute Gasteiger partial charge is 0.726 e. The van der Waals surface area contributed by atoms with Gasteiger partial charge in [-0.2, -0.15) is 0 Å². The molecule has 0 saturated heterocycles. The second-order valence-electron chi connectivity index (χ2n) is 12.8. The minimum Gasteiger partial charge on any atom is -0.726 e. The summed E-state index contributed by atoms with van der Waals surface area (Å²) in [6, 6.07) is 0. The average Bonchev–Trinajstić information content (AvgIpc) is 3.14. The van der Waals surface area contributed by atoms with E-state index in [1.54, 1.807) is 0 Å². The van der Waals surface area contributed by atoms with Crippen LogP contribution in [0.5, 0.6) is 0 Å². The van der Waals surface area contributed by atoms with E-state index in [-0.39, 0.29) is 144 Å². The Morgan fingerprint density at radius 1 is 0.837 bits per heavy atom. The fraction of sp³-hybridized carbons (Fsp3) is 1.00. The van der Waals surface area contributed by atoms with Gasteiger partial charge in [-0.15, -0.1) is 0 Å². The molecule has 4 rings (SSSR count). The van der Waals surface area contributed by atoms with Gasteiger partial charge in [0.1, 0.15) is 0 Å². The normalized spacial score (nSPS) is 40.0. The molecule has 4 aliphatic carbocycles. The standard InChI is InChI=1S/C24H42O13S3.3Na/c1-14(5-4-10-35-38(26,27)28)17-6-7-18-22-19(13-21(24(17,18)3)37-40(32,33)34)23(2)9-8-16(36-39(29,30)31)11-15(23)12-20(22)25;;;/h14-22,25H,4-13H2,1-3H3,(H,26,27,28)(H,29,30,31)(H,32,33,34);;;/q;3*+1/p-3/t14-,15-,16-,17-,18+,19+,20-,21+,22+,23+,24-;;;/m1.../s1. The average molecular weight is 701 g/mol. The summed E-state index contributed by atoms with van der Waals surface area (Å²) in [6.45, 7) is 5.66. The van der Waals surface area contributed by atoms with E-state index in [0.29, 0.717) is 44.9 Å². The topological polar surface area (TPSA) is 220 Å². The quantitative estimate of drug-likeness (QED) is 0.0971. The van der Waals surface area contributed by atoms with Gasteiger partial charge in [-0.25, -0.2) is 25.3 Å². The Bertz CT molecular complexity index is 1270. The van der Waals surface area contributed by atoms with E-state index >= 15 is 0 Å². The molecule has 13 nitrogen and oxygen atoms in total. The molecule has 0 bridgehead atoms. The molecule has 4 aliphatic rings. The molecule has 0 spiro atoms. The maximum absolute atomic E-state index is 11.9. The van der Waals surface area contributed by atoms with Crippen LogP contribution >= 0.6 is 0 Å². The first-order chi connectivity index (χ1) is 18.2. The van der Waals surface area contributed by atoms with Crippen molar-refractivity contribution in [2.75, 3.05) is 6.61 Å². The number of rotatable bonds is 10. The second-order valence-corrected chi connectivity index (χ2v) is 15.9. The molecule has 0 aliphatic heterocycles. The van der Waals surface area contributed by atoms with Crippen LogP contribution in [-0.2, 0) is 43.7 Å². The molecule has 1 N–H and O–H groups in total. The van der Waals surface area contributed by atoms with Crippen LogP contribution in [0.15, 0.2) is 0 Å². The molecule has 0 amide bonds. The zero-order valence-corrected chi connectivity index (χ0v) is 34.3. The molecule has 4 saturated carbocycles.